The fraction of sp³-hybridized carbons (Fsp3) is 1.00. The Morgan fingerprint density at radius 3 is 2.10 bits per heavy atom. The number of hydrogen-bond donors (Lipinski definition) is 0. The number of halogens is 4. The van der Waals surface area contributed by atoms with Crippen molar-refractivity contribution in [1.82, 2.24) is 0 Å². The normalized spacial score (nSPS) is 15.3. The standard InChI is InChI=1S/C5H8BrF3O/c1-10-3-4(2-6)5(7,8)9/h4H,2-3H2,1H3. The van der Waals surface area contributed by atoms with Crippen LogP contribution in [0.25, 0.3) is 0 Å². The number of methoxy groups -OCH3 is 1. The molecular weight excluding hydrogens is 213 g/mol. The maximum atomic E-state index is 11.8. The molecule has 0 amide bonds. The second-order valence-electron chi connectivity index (χ2n) is 1.85. The lowest BCUT2D eigenvalue weighted by molar-refractivity contribution is -0.178. The van der Waals surface area contributed by atoms with Gasteiger partial charge < -0.3 is 4.74 Å². The monoisotopic (exact) mass is 220 g/mol. The van der Waals surface area contributed by atoms with E-state index in [0.717, 1.165) is 0 Å². The molecule has 0 saturated carbocycles. The summed E-state index contributed by atoms with van der Waals surface area (Å²) in [6.45, 7) is -0.283. The van der Waals surface area contributed by atoms with Crippen molar-refractivity contribution in [3.63, 3.8) is 0 Å². The Labute approximate surface area is 65.7 Å². The Balaban J connectivity index is 3.81. The van der Waals surface area contributed by atoms with Crippen LogP contribution in [0.4, 0.5) is 13.2 Å². The van der Waals surface area contributed by atoms with Gasteiger partial charge in [0.05, 0.1) is 12.5 Å². The molecule has 0 aliphatic carbocycles. The van der Waals surface area contributed by atoms with Gasteiger partial charge >= 0.3 is 6.18 Å². The van der Waals surface area contributed by atoms with E-state index in [1.54, 1.807) is 0 Å². The zero-order chi connectivity index (χ0) is 8.20. The van der Waals surface area contributed by atoms with E-state index in [0.29, 0.717) is 0 Å². The van der Waals surface area contributed by atoms with Crippen LogP contribution in [0.3, 0.4) is 0 Å². The van der Waals surface area contributed by atoms with Gasteiger partial charge in [0.15, 0.2) is 0 Å². The van der Waals surface area contributed by atoms with Crippen LogP contribution in [0.1, 0.15) is 0 Å². The molecule has 0 aromatic heterocycles. The minimum atomic E-state index is -4.15. The van der Waals surface area contributed by atoms with Gasteiger partial charge in [0.2, 0.25) is 0 Å². The summed E-state index contributed by atoms with van der Waals surface area (Å²) < 4.78 is 39.8. The maximum absolute atomic E-state index is 11.8. The molecule has 0 aromatic carbocycles. The van der Waals surface area contributed by atoms with Crippen molar-refractivity contribution in [2.75, 3.05) is 19.0 Å². The van der Waals surface area contributed by atoms with E-state index >= 15 is 0 Å². The highest BCUT2D eigenvalue weighted by Crippen LogP contribution is 2.27. The van der Waals surface area contributed by atoms with Gasteiger partial charge in [-0.1, -0.05) is 15.9 Å². The highest BCUT2D eigenvalue weighted by Gasteiger charge is 2.38. The predicted octanol–water partition coefficient (Wildman–Crippen LogP) is 2.21. The average Bonchev–Trinajstić information content (AvgIpc) is 1.80. The largest absolute Gasteiger partial charge is 0.394 e. The van der Waals surface area contributed by atoms with Gasteiger partial charge in [0, 0.05) is 12.4 Å². The molecule has 62 valence electrons. The van der Waals surface area contributed by atoms with Crippen LogP contribution in [0.2, 0.25) is 0 Å². The lowest BCUT2D eigenvalue weighted by Gasteiger charge is -2.15. The molecule has 10 heavy (non-hydrogen) atoms. The first-order chi connectivity index (χ1) is 4.52. The van der Waals surface area contributed by atoms with E-state index in [1.807, 2.05) is 0 Å². The Kier molecular flexibility index (Phi) is 4.28. The number of ether oxygens (including phenoxy) is 1. The third-order valence-electron chi connectivity index (χ3n) is 1.02. The molecule has 0 saturated heterocycles. The molecule has 0 radical (unpaired) electrons. The van der Waals surface area contributed by atoms with Gasteiger partial charge in [-0.2, -0.15) is 13.2 Å². The molecule has 5 heteroatoms. The summed E-state index contributed by atoms with van der Waals surface area (Å²) in [7, 11) is 1.25. The molecule has 0 rings (SSSR count). The first kappa shape index (κ1) is 10.2. The average molecular weight is 221 g/mol. The number of hydrogen-bond acceptors (Lipinski definition) is 1. The summed E-state index contributed by atoms with van der Waals surface area (Å²) in [6.07, 6.45) is -4.15. The molecule has 1 nitrogen and oxygen atoms in total. The first-order valence-corrected chi connectivity index (χ1v) is 3.76. The summed E-state index contributed by atoms with van der Waals surface area (Å²) >= 11 is 2.75. The van der Waals surface area contributed by atoms with Crippen LogP contribution in [0.15, 0.2) is 0 Å². The summed E-state index contributed by atoms with van der Waals surface area (Å²) in [5.74, 6) is -1.39. The van der Waals surface area contributed by atoms with E-state index in [4.69, 9.17) is 0 Å². The van der Waals surface area contributed by atoms with Gasteiger partial charge in [-0.15, -0.1) is 0 Å². The zero-order valence-corrected chi connectivity index (χ0v) is 7.00. The minimum absolute atomic E-state index is 0.107. The fourth-order valence-corrected chi connectivity index (χ4v) is 0.982. The number of rotatable bonds is 3. The van der Waals surface area contributed by atoms with E-state index in [9.17, 15) is 13.2 Å². The molecule has 0 aromatic rings. The Morgan fingerprint density at radius 1 is 1.50 bits per heavy atom. The Morgan fingerprint density at radius 2 is 2.00 bits per heavy atom. The molecular formula is C5H8BrF3O. The summed E-state index contributed by atoms with van der Waals surface area (Å²) in [5, 5.41) is -0.107. The summed E-state index contributed by atoms with van der Waals surface area (Å²) in [4.78, 5) is 0. The van der Waals surface area contributed by atoms with Crippen LogP contribution in [0.5, 0.6) is 0 Å². The molecule has 0 aliphatic heterocycles. The molecule has 0 heterocycles. The molecule has 0 fully saturated rings. The third kappa shape index (κ3) is 3.41. The Hall–Kier alpha value is 0.230. The lowest BCUT2D eigenvalue weighted by Crippen LogP contribution is -2.28. The van der Waals surface area contributed by atoms with Crippen molar-refractivity contribution in [1.29, 1.82) is 0 Å². The SMILES string of the molecule is COCC(CBr)C(F)(F)F. The van der Waals surface area contributed by atoms with Gasteiger partial charge in [0.1, 0.15) is 0 Å². The van der Waals surface area contributed by atoms with Crippen LogP contribution in [-0.2, 0) is 4.74 Å². The number of alkyl halides is 4. The van der Waals surface area contributed by atoms with Gasteiger partial charge in [-0.05, 0) is 0 Å². The van der Waals surface area contributed by atoms with Crippen molar-refractivity contribution in [3.05, 3.63) is 0 Å². The summed E-state index contributed by atoms with van der Waals surface area (Å²) in [5.41, 5.74) is 0. The molecule has 0 N–H and O–H groups in total. The van der Waals surface area contributed by atoms with Gasteiger partial charge in [0.25, 0.3) is 0 Å². The second-order valence-corrected chi connectivity index (χ2v) is 2.50. The maximum Gasteiger partial charge on any atom is 0.394 e. The quantitative estimate of drug-likeness (QED) is 0.664. The topological polar surface area (TPSA) is 9.23 Å². The molecule has 0 aliphatic rings. The highest BCUT2D eigenvalue weighted by atomic mass is 79.9. The van der Waals surface area contributed by atoms with Crippen LogP contribution in [0, 0.1) is 5.92 Å². The van der Waals surface area contributed by atoms with Crippen molar-refractivity contribution in [3.8, 4) is 0 Å². The van der Waals surface area contributed by atoms with E-state index in [1.165, 1.54) is 7.11 Å². The minimum Gasteiger partial charge on any atom is -0.384 e. The molecule has 0 bridgehead atoms. The highest BCUT2D eigenvalue weighted by molar-refractivity contribution is 9.09. The van der Waals surface area contributed by atoms with Crippen LogP contribution < -0.4 is 0 Å². The van der Waals surface area contributed by atoms with Gasteiger partial charge in [-0.25, -0.2) is 0 Å². The Bertz CT molecular complexity index is 93.4. The van der Waals surface area contributed by atoms with Crippen LogP contribution in [-0.4, -0.2) is 25.2 Å². The first-order valence-electron chi connectivity index (χ1n) is 2.64. The van der Waals surface area contributed by atoms with Crippen molar-refractivity contribution in [2.24, 2.45) is 5.92 Å². The van der Waals surface area contributed by atoms with Crippen molar-refractivity contribution < 1.29 is 17.9 Å². The second kappa shape index (κ2) is 4.18. The van der Waals surface area contributed by atoms with E-state index in [-0.39, 0.29) is 11.9 Å². The zero-order valence-electron chi connectivity index (χ0n) is 5.41. The predicted molar refractivity (Wildman–Crippen MR) is 35.2 cm³/mol. The lowest BCUT2D eigenvalue weighted by atomic mass is 10.2. The molecule has 1 unspecified atom stereocenters. The molecule has 0 spiro atoms. The van der Waals surface area contributed by atoms with Crippen LogP contribution >= 0.6 is 15.9 Å². The van der Waals surface area contributed by atoms with E-state index < -0.39 is 12.1 Å². The van der Waals surface area contributed by atoms with Crippen molar-refractivity contribution >= 4 is 15.9 Å². The molecule has 1 atom stereocenters. The smallest absolute Gasteiger partial charge is 0.384 e. The third-order valence-corrected chi connectivity index (χ3v) is 1.80. The summed E-state index contributed by atoms with van der Waals surface area (Å²) in [6, 6.07) is 0. The fourth-order valence-electron chi connectivity index (χ4n) is 0.428. The van der Waals surface area contributed by atoms with Crippen molar-refractivity contribution in [2.45, 2.75) is 6.18 Å². The van der Waals surface area contributed by atoms with Gasteiger partial charge in [-0.3, -0.25) is 0 Å². The van der Waals surface area contributed by atoms with E-state index in [2.05, 4.69) is 20.7 Å².